The molecule has 1 aliphatic heterocycles. The topological polar surface area (TPSA) is 91.5 Å². The molecule has 116 valence electrons. The lowest BCUT2D eigenvalue weighted by atomic mass is 9.93. The first-order valence-electron chi connectivity index (χ1n) is 6.28. The average Bonchev–Trinajstić information content (AvgIpc) is 2.37. The molecule has 6 nitrogen and oxygen atoms in total. The van der Waals surface area contributed by atoms with Gasteiger partial charge in [-0.05, 0) is 12.5 Å². The van der Waals surface area contributed by atoms with Gasteiger partial charge in [-0.2, -0.15) is 13.2 Å². The van der Waals surface area contributed by atoms with E-state index in [2.05, 4.69) is 10.3 Å². The highest BCUT2D eigenvalue weighted by atomic mass is 19.4. The van der Waals surface area contributed by atoms with E-state index in [1.807, 2.05) is 0 Å². The van der Waals surface area contributed by atoms with Gasteiger partial charge >= 0.3 is 12.3 Å². The Bertz CT molecular complexity index is 523. The van der Waals surface area contributed by atoms with Gasteiger partial charge in [0.2, 0.25) is 0 Å². The van der Waals surface area contributed by atoms with Gasteiger partial charge in [-0.25, -0.2) is 4.79 Å². The van der Waals surface area contributed by atoms with Crippen LogP contribution in [-0.2, 0) is 0 Å². The maximum Gasteiger partial charge on any atom is 0.404 e. The van der Waals surface area contributed by atoms with Gasteiger partial charge in [0.1, 0.15) is 0 Å². The van der Waals surface area contributed by atoms with Crippen LogP contribution in [0.15, 0.2) is 18.5 Å². The van der Waals surface area contributed by atoms with Crippen molar-refractivity contribution in [2.24, 2.45) is 5.92 Å². The van der Waals surface area contributed by atoms with Crippen LogP contribution >= 0.6 is 0 Å². The van der Waals surface area contributed by atoms with E-state index in [1.165, 1.54) is 23.4 Å². The van der Waals surface area contributed by atoms with Crippen molar-refractivity contribution in [3.05, 3.63) is 18.5 Å². The van der Waals surface area contributed by atoms with Crippen molar-refractivity contribution >= 4 is 17.5 Å². The summed E-state index contributed by atoms with van der Waals surface area (Å²) in [5.74, 6) is -1.62. The van der Waals surface area contributed by atoms with E-state index in [1.54, 1.807) is 0 Å². The molecule has 0 aliphatic carbocycles. The van der Waals surface area contributed by atoms with E-state index in [0.29, 0.717) is 5.69 Å². The van der Waals surface area contributed by atoms with Crippen molar-refractivity contribution in [2.75, 3.05) is 23.7 Å². The first-order chi connectivity index (χ1) is 9.77. The number of hydrogen-bond acceptors (Lipinski definition) is 4. The van der Waals surface area contributed by atoms with Crippen LogP contribution in [0.3, 0.4) is 0 Å². The Morgan fingerprint density at radius 1 is 1.48 bits per heavy atom. The number of nitrogens with one attached hydrogen (secondary N) is 1. The average molecular weight is 304 g/mol. The SMILES string of the molecule is Nc1cnccc1N1CC(NC(=O)O)CC(C(F)(F)F)C1. The van der Waals surface area contributed by atoms with Crippen LogP contribution in [0.5, 0.6) is 0 Å². The summed E-state index contributed by atoms with van der Waals surface area (Å²) in [6.07, 6.45) is -3.23. The fraction of sp³-hybridized carbons (Fsp3) is 0.500. The van der Waals surface area contributed by atoms with Gasteiger partial charge in [0.05, 0.1) is 29.5 Å². The Kier molecular flexibility index (Phi) is 4.10. The van der Waals surface area contributed by atoms with Gasteiger partial charge in [0.15, 0.2) is 0 Å². The van der Waals surface area contributed by atoms with Gasteiger partial charge in [0.25, 0.3) is 0 Å². The van der Waals surface area contributed by atoms with Crippen LogP contribution in [0, 0.1) is 5.92 Å². The standard InChI is InChI=1S/C12H15F3N4O2/c13-12(14,15)7-3-8(18-11(20)21)6-19(5-7)10-1-2-17-4-9(10)16/h1-2,4,7-8,18H,3,5-6,16H2,(H,20,21). The Morgan fingerprint density at radius 3 is 2.76 bits per heavy atom. The van der Waals surface area contributed by atoms with Gasteiger partial charge in [0, 0.05) is 19.3 Å². The fourth-order valence-electron chi connectivity index (χ4n) is 2.50. The molecule has 0 saturated carbocycles. The third kappa shape index (κ3) is 3.67. The highest BCUT2D eigenvalue weighted by Crippen LogP contribution is 2.36. The summed E-state index contributed by atoms with van der Waals surface area (Å²) in [4.78, 5) is 15.9. The van der Waals surface area contributed by atoms with Crippen LogP contribution in [0.1, 0.15) is 6.42 Å². The second-order valence-corrected chi connectivity index (χ2v) is 4.96. The molecule has 1 saturated heterocycles. The Morgan fingerprint density at radius 2 is 2.19 bits per heavy atom. The number of piperidine rings is 1. The van der Waals surface area contributed by atoms with E-state index < -0.39 is 24.2 Å². The van der Waals surface area contributed by atoms with Gasteiger partial charge in [-0.3, -0.25) is 4.98 Å². The molecule has 1 aromatic rings. The fourth-order valence-corrected chi connectivity index (χ4v) is 2.50. The van der Waals surface area contributed by atoms with Crippen molar-refractivity contribution < 1.29 is 23.1 Å². The number of hydrogen-bond donors (Lipinski definition) is 3. The molecule has 9 heteroatoms. The molecule has 1 fully saturated rings. The van der Waals surface area contributed by atoms with Crippen LogP contribution in [0.4, 0.5) is 29.3 Å². The molecule has 21 heavy (non-hydrogen) atoms. The molecular weight excluding hydrogens is 289 g/mol. The number of pyridine rings is 1. The Balaban J connectivity index is 2.24. The lowest BCUT2D eigenvalue weighted by Crippen LogP contribution is -2.53. The number of nitrogens with zero attached hydrogens (tertiary/aromatic N) is 2. The van der Waals surface area contributed by atoms with E-state index in [-0.39, 0.29) is 25.2 Å². The summed E-state index contributed by atoms with van der Waals surface area (Å²) < 4.78 is 39.0. The summed E-state index contributed by atoms with van der Waals surface area (Å²) in [7, 11) is 0. The lowest BCUT2D eigenvalue weighted by Gasteiger charge is -2.39. The third-order valence-electron chi connectivity index (χ3n) is 3.41. The minimum atomic E-state index is -4.39. The molecule has 0 spiro atoms. The molecule has 0 aromatic carbocycles. The molecule has 0 bridgehead atoms. The first-order valence-corrected chi connectivity index (χ1v) is 6.28. The summed E-state index contributed by atoms with van der Waals surface area (Å²) in [6.45, 7) is -0.122. The second-order valence-electron chi connectivity index (χ2n) is 4.96. The third-order valence-corrected chi connectivity index (χ3v) is 3.41. The summed E-state index contributed by atoms with van der Waals surface area (Å²) in [5, 5.41) is 10.8. The number of nitrogens with two attached hydrogens (primary N) is 1. The van der Waals surface area contributed by atoms with Crippen molar-refractivity contribution in [3.8, 4) is 0 Å². The van der Waals surface area contributed by atoms with E-state index in [9.17, 15) is 18.0 Å². The quantitative estimate of drug-likeness (QED) is 0.773. The maximum atomic E-state index is 13.0. The number of rotatable bonds is 2. The van der Waals surface area contributed by atoms with Crippen molar-refractivity contribution in [3.63, 3.8) is 0 Å². The number of carboxylic acid groups (broad SMARTS) is 1. The zero-order valence-corrected chi connectivity index (χ0v) is 11.0. The van der Waals surface area contributed by atoms with Gasteiger partial charge < -0.3 is 21.1 Å². The largest absolute Gasteiger partial charge is 0.465 e. The molecule has 4 N–H and O–H groups in total. The van der Waals surface area contributed by atoms with Gasteiger partial charge in [-0.1, -0.05) is 0 Å². The van der Waals surface area contributed by atoms with Crippen LogP contribution in [0.25, 0.3) is 0 Å². The molecule has 1 aromatic heterocycles. The lowest BCUT2D eigenvalue weighted by molar-refractivity contribution is -0.177. The normalized spacial score (nSPS) is 22.9. The second kappa shape index (κ2) is 5.66. The van der Waals surface area contributed by atoms with Crippen molar-refractivity contribution in [2.45, 2.75) is 18.6 Å². The molecule has 1 amide bonds. The molecular formula is C12H15F3N4O2. The molecule has 1 aliphatic rings. The minimum absolute atomic E-state index is 0.132. The summed E-state index contributed by atoms with van der Waals surface area (Å²) >= 11 is 0. The first kappa shape index (κ1) is 15.2. The number of aromatic nitrogens is 1. The van der Waals surface area contributed by atoms with Crippen LogP contribution < -0.4 is 16.0 Å². The molecule has 2 atom stereocenters. The smallest absolute Gasteiger partial charge is 0.404 e. The highest BCUT2D eigenvalue weighted by Gasteiger charge is 2.45. The highest BCUT2D eigenvalue weighted by molar-refractivity contribution is 5.67. The zero-order valence-electron chi connectivity index (χ0n) is 11.0. The predicted molar refractivity (Wildman–Crippen MR) is 70.0 cm³/mol. The van der Waals surface area contributed by atoms with Gasteiger partial charge in [-0.15, -0.1) is 0 Å². The zero-order chi connectivity index (χ0) is 15.6. The molecule has 0 radical (unpaired) electrons. The number of carbonyl (C=O) groups is 1. The number of nitrogen functional groups attached to an aromatic ring is 1. The Labute approximate surface area is 118 Å². The number of alkyl halides is 3. The minimum Gasteiger partial charge on any atom is -0.465 e. The van der Waals surface area contributed by atoms with Crippen LogP contribution in [-0.4, -0.2) is 41.5 Å². The maximum absolute atomic E-state index is 13.0. The molecule has 2 rings (SSSR count). The van der Waals surface area contributed by atoms with Crippen molar-refractivity contribution in [1.29, 1.82) is 0 Å². The molecule has 2 heterocycles. The monoisotopic (exact) mass is 304 g/mol. The molecule has 2 unspecified atom stereocenters. The number of amides is 1. The predicted octanol–water partition coefficient (Wildman–Crippen LogP) is 1.69. The van der Waals surface area contributed by atoms with E-state index in [0.717, 1.165) is 0 Å². The van der Waals surface area contributed by atoms with E-state index in [4.69, 9.17) is 10.8 Å². The summed E-state index contributed by atoms with van der Waals surface area (Å²) in [6, 6.07) is 0.710. The van der Waals surface area contributed by atoms with Crippen molar-refractivity contribution in [1.82, 2.24) is 10.3 Å². The van der Waals surface area contributed by atoms with E-state index >= 15 is 0 Å². The number of halogens is 3. The Hall–Kier alpha value is -2.19. The number of anilines is 2. The van der Waals surface area contributed by atoms with Crippen LogP contribution in [0.2, 0.25) is 0 Å². The summed E-state index contributed by atoms with van der Waals surface area (Å²) in [5.41, 5.74) is 6.42.